The van der Waals surface area contributed by atoms with Gasteiger partial charge in [-0.05, 0) is 60.5 Å². The van der Waals surface area contributed by atoms with Gasteiger partial charge in [-0.3, -0.25) is 9.88 Å². The Morgan fingerprint density at radius 3 is 2.94 bits per heavy atom. The van der Waals surface area contributed by atoms with E-state index in [1.165, 1.54) is 6.33 Å². The van der Waals surface area contributed by atoms with Crippen LogP contribution >= 0.6 is 11.6 Å². The first-order chi connectivity index (χ1) is 17.6. The van der Waals surface area contributed by atoms with E-state index in [0.29, 0.717) is 49.3 Å². The van der Waals surface area contributed by atoms with Gasteiger partial charge in [0.25, 0.3) is 0 Å². The van der Waals surface area contributed by atoms with E-state index in [9.17, 15) is 5.11 Å². The zero-order chi connectivity index (χ0) is 24.9. The van der Waals surface area contributed by atoms with Crippen molar-refractivity contribution < 1.29 is 9.84 Å². The predicted molar refractivity (Wildman–Crippen MR) is 135 cm³/mol. The van der Waals surface area contributed by atoms with Crippen LogP contribution in [0.2, 0.25) is 5.02 Å². The van der Waals surface area contributed by atoms with Crippen LogP contribution in [0.15, 0.2) is 66.3 Å². The van der Waals surface area contributed by atoms with Crippen molar-refractivity contribution in [3.63, 3.8) is 0 Å². The third kappa shape index (κ3) is 5.34. The average Bonchev–Trinajstić information content (AvgIpc) is 3.29. The lowest BCUT2D eigenvalue weighted by Crippen LogP contribution is -2.45. The Bertz CT molecular complexity index is 1390. The topological polar surface area (TPSA) is 137 Å². The van der Waals surface area contributed by atoms with Gasteiger partial charge in [-0.25, -0.2) is 9.50 Å². The van der Waals surface area contributed by atoms with Crippen molar-refractivity contribution in [2.45, 2.75) is 31.7 Å². The number of azide groups is 1. The summed E-state index contributed by atoms with van der Waals surface area (Å²) in [4.78, 5) is 13.7. The molecule has 0 radical (unpaired) electrons. The van der Waals surface area contributed by atoms with Gasteiger partial charge < -0.3 is 15.2 Å². The summed E-state index contributed by atoms with van der Waals surface area (Å²) in [6.07, 6.45) is 4.99. The fraction of sp³-hybridized carbons (Fsp3) is 0.292. The van der Waals surface area contributed by atoms with Crippen LogP contribution in [0.3, 0.4) is 0 Å². The molecule has 12 heteroatoms. The zero-order valence-electron chi connectivity index (χ0n) is 19.3. The lowest BCUT2D eigenvalue weighted by molar-refractivity contribution is 0.0503. The van der Waals surface area contributed by atoms with Gasteiger partial charge in [0.05, 0.1) is 22.9 Å². The number of fused-ring (bicyclic) bond motifs is 1. The second-order valence-electron chi connectivity index (χ2n) is 8.49. The molecule has 0 unspecified atom stereocenters. The molecule has 0 aliphatic carbocycles. The largest absolute Gasteiger partial charge is 0.486 e. The van der Waals surface area contributed by atoms with E-state index >= 15 is 0 Å². The highest BCUT2D eigenvalue weighted by Gasteiger charge is 2.27. The minimum Gasteiger partial charge on any atom is -0.486 e. The molecule has 3 aromatic heterocycles. The lowest BCUT2D eigenvalue weighted by atomic mass is 10.0. The summed E-state index contributed by atoms with van der Waals surface area (Å²) in [5, 5.41) is 22.2. The molecule has 0 spiro atoms. The van der Waals surface area contributed by atoms with E-state index in [1.807, 2.05) is 36.5 Å². The normalized spacial score (nSPS) is 18.1. The summed E-state index contributed by atoms with van der Waals surface area (Å²) in [7, 11) is 0. The minimum absolute atomic E-state index is 0.322. The highest BCUT2D eigenvalue weighted by atomic mass is 35.5. The SMILES string of the molecule is [N-]=[N+]=N[C@@H]1CCN(Cc2ccn3ncnc(Nc4ccc(OCc5ccccn5)c(Cl)c4)c23)C[C@H]1O. The van der Waals surface area contributed by atoms with Crippen molar-refractivity contribution >= 4 is 28.6 Å². The Kier molecular flexibility index (Phi) is 7.15. The molecule has 2 N–H and O–H groups in total. The number of benzene rings is 1. The second-order valence-corrected chi connectivity index (χ2v) is 8.89. The number of aliphatic hydroxyl groups is 1. The van der Waals surface area contributed by atoms with Gasteiger partial charge in [-0.15, -0.1) is 0 Å². The first kappa shape index (κ1) is 23.8. The van der Waals surface area contributed by atoms with Crippen LogP contribution in [0.4, 0.5) is 11.5 Å². The lowest BCUT2D eigenvalue weighted by Gasteiger charge is -2.33. The molecule has 11 nitrogen and oxygen atoms in total. The fourth-order valence-electron chi connectivity index (χ4n) is 4.28. The number of hydrogen-bond acceptors (Lipinski definition) is 8. The van der Waals surface area contributed by atoms with Crippen LogP contribution in [0.1, 0.15) is 17.7 Å². The zero-order valence-corrected chi connectivity index (χ0v) is 20.0. The van der Waals surface area contributed by atoms with E-state index in [0.717, 1.165) is 22.5 Å². The highest BCUT2D eigenvalue weighted by molar-refractivity contribution is 6.32. The minimum atomic E-state index is -0.696. The van der Waals surface area contributed by atoms with Gasteiger partial charge in [0, 0.05) is 36.1 Å². The molecule has 1 fully saturated rings. The van der Waals surface area contributed by atoms with Crippen LogP contribution in [0.25, 0.3) is 16.0 Å². The van der Waals surface area contributed by atoms with Crippen LogP contribution in [-0.4, -0.2) is 54.8 Å². The molecule has 4 aromatic rings. The number of aliphatic hydroxyl groups excluding tert-OH is 1. The van der Waals surface area contributed by atoms with Gasteiger partial charge in [0.15, 0.2) is 5.82 Å². The summed E-state index contributed by atoms with van der Waals surface area (Å²) in [6, 6.07) is 12.7. The van der Waals surface area contributed by atoms with Gasteiger partial charge in [-0.2, -0.15) is 5.10 Å². The van der Waals surface area contributed by atoms with Crippen molar-refractivity contribution in [1.29, 1.82) is 0 Å². The number of hydrogen-bond donors (Lipinski definition) is 2. The van der Waals surface area contributed by atoms with Gasteiger partial charge in [0.1, 0.15) is 24.2 Å². The number of nitrogens with one attached hydrogen (secondary N) is 1. The summed E-state index contributed by atoms with van der Waals surface area (Å²) in [5.74, 6) is 1.19. The quantitative estimate of drug-likeness (QED) is 0.206. The van der Waals surface area contributed by atoms with E-state index < -0.39 is 12.1 Å². The van der Waals surface area contributed by atoms with Gasteiger partial charge in [0.2, 0.25) is 0 Å². The predicted octanol–water partition coefficient (Wildman–Crippen LogP) is 4.35. The number of piperidine rings is 1. The molecular weight excluding hydrogens is 482 g/mol. The molecule has 0 bridgehead atoms. The second kappa shape index (κ2) is 10.8. The summed E-state index contributed by atoms with van der Waals surface area (Å²) in [6.45, 7) is 2.05. The molecule has 1 aliphatic heterocycles. The fourth-order valence-corrected chi connectivity index (χ4v) is 4.51. The monoisotopic (exact) mass is 505 g/mol. The smallest absolute Gasteiger partial charge is 0.158 e. The molecular formula is C24H24ClN9O2. The molecule has 36 heavy (non-hydrogen) atoms. The Labute approximate surface area is 211 Å². The molecule has 5 rings (SSSR count). The third-order valence-electron chi connectivity index (χ3n) is 6.06. The summed E-state index contributed by atoms with van der Waals surface area (Å²) >= 11 is 6.48. The molecule has 1 saturated heterocycles. The van der Waals surface area contributed by atoms with Crippen LogP contribution in [-0.2, 0) is 13.2 Å². The number of β-amino-alcohol motifs (C(OH)–C–C–N with tert-alkyl or cyclic N) is 1. The maximum Gasteiger partial charge on any atom is 0.158 e. The first-order valence-corrected chi connectivity index (χ1v) is 11.8. The Hall–Kier alpha value is -3.89. The average molecular weight is 506 g/mol. The number of anilines is 2. The molecule has 0 saturated carbocycles. The Balaban J connectivity index is 1.31. The van der Waals surface area contributed by atoms with Crippen LogP contribution < -0.4 is 10.1 Å². The Morgan fingerprint density at radius 1 is 1.25 bits per heavy atom. The number of halogens is 1. The number of aromatic nitrogens is 4. The standard InChI is InChI=1S/C24H24ClN9O2/c25-19-11-17(4-5-22(19)36-14-18-3-1-2-8-27-18)30-24-23-16(6-10-34(23)29-15-28-24)12-33-9-7-20(31-32-26)21(35)13-33/h1-6,8,10-11,15,20-21,35H,7,9,12-14H2,(H,28,29,30)/t20-,21-/m1/s1. The summed E-state index contributed by atoms with van der Waals surface area (Å²) < 4.78 is 7.58. The Morgan fingerprint density at radius 2 is 2.17 bits per heavy atom. The molecule has 184 valence electrons. The van der Waals surface area contributed by atoms with Crippen molar-refractivity contribution in [3.8, 4) is 5.75 Å². The highest BCUT2D eigenvalue weighted by Crippen LogP contribution is 2.31. The number of ether oxygens (including phenoxy) is 1. The molecule has 0 amide bonds. The van der Waals surface area contributed by atoms with Gasteiger partial charge in [-0.1, -0.05) is 22.8 Å². The number of nitrogens with zero attached hydrogens (tertiary/aromatic N) is 8. The molecule has 1 aromatic carbocycles. The summed E-state index contributed by atoms with van der Waals surface area (Å²) in [5.41, 5.74) is 12.1. The van der Waals surface area contributed by atoms with Crippen LogP contribution in [0.5, 0.6) is 5.75 Å². The van der Waals surface area contributed by atoms with E-state index in [2.05, 4.69) is 35.3 Å². The van der Waals surface area contributed by atoms with E-state index in [-0.39, 0.29) is 0 Å². The van der Waals surface area contributed by atoms with Crippen molar-refractivity contribution in [2.24, 2.45) is 5.11 Å². The van der Waals surface area contributed by atoms with Crippen molar-refractivity contribution in [2.75, 3.05) is 18.4 Å². The maximum atomic E-state index is 10.3. The number of rotatable bonds is 8. The molecule has 4 heterocycles. The number of likely N-dealkylation sites (tertiary alicyclic amines) is 1. The van der Waals surface area contributed by atoms with E-state index in [4.69, 9.17) is 21.9 Å². The van der Waals surface area contributed by atoms with Crippen molar-refractivity contribution in [1.82, 2.24) is 24.5 Å². The molecule has 2 atom stereocenters. The van der Waals surface area contributed by atoms with Gasteiger partial charge >= 0.3 is 0 Å². The molecule has 1 aliphatic rings. The van der Waals surface area contributed by atoms with Crippen LogP contribution in [0, 0.1) is 0 Å². The third-order valence-corrected chi connectivity index (χ3v) is 6.35. The number of pyridine rings is 1. The van der Waals surface area contributed by atoms with Crippen molar-refractivity contribution in [3.05, 3.63) is 87.9 Å². The first-order valence-electron chi connectivity index (χ1n) is 11.5. The van der Waals surface area contributed by atoms with E-state index in [1.54, 1.807) is 22.8 Å². The maximum absolute atomic E-state index is 10.3.